The van der Waals surface area contributed by atoms with Crippen molar-refractivity contribution < 1.29 is 0 Å². The van der Waals surface area contributed by atoms with E-state index < -0.39 is 0 Å². The zero-order valence-corrected chi connectivity index (χ0v) is 14.6. The number of nitrogens with zero attached hydrogens (tertiary/aromatic N) is 4. The Morgan fingerprint density at radius 1 is 1.30 bits per heavy atom. The molecule has 0 aliphatic carbocycles. The first-order chi connectivity index (χ1) is 11.1. The van der Waals surface area contributed by atoms with Gasteiger partial charge in [-0.15, -0.1) is 0 Å². The molecule has 6 heteroatoms. The molecule has 23 heavy (non-hydrogen) atoms. The summed E-state index contributed by atoms with van der Waals surface area (Å²) in [5.74, 6) is 0.969. The highest BCUT2D eigenvalue weighted by atomic mass is 35.5. The summed E-state index contributed by atoms with van der Waals surface area (Å²) in [5.41, 5.74) is 1.13. The Labute approximate surface area is 147 Å². The lowest BCUT2D eigenvalue weighted by atomic mass is 10.0. The molecule has 0 bridgehead atoms. The molecule has 4 nitrogen and oxygen atoms in total. The monoisotopic (exact) mass is 350 g/mol. The number of anilines is 1. The molecule has 1 fully saturated rings. The van der Waals surface area contributed by atoms with Crippen molar-refractivity contribution in [1.82, 2.24) is 14.9 Å². The lowest BCUT2D eigenvalue weighted by molar-refractivity contribution is 0.198. The highest BCUT2D eigenvalue weighted by molar-refractivity contribution is 6.35. The summed E-state index contributed by atoms with van der Waals surface area (Å²) in [7, 11) is 2.10. The van der Waals surface area contributed by atoms with Gasteiger partial charge >= 0.3 is 0 Å². The minimum Gasteiger partial charge on any atom is -0.355 e. The molecule has 1 aromatic carbocycles. The van der Waals surface area contributed by atoms with Crippen molar-refractivity contribution in [2.75, 3.05) is 25.0 Å². The molecule has 0 saturated carbocycles. The number of likely N-dealkylation sites (N-methyl/N-ethyl adjacent to an activating group) is 1. The Hall–Kier alpha value is -1.36. The number of hydrogen-bond acceptors (Lipinski definition) is 4. The molecule has 1 atom stereocenters. The first kappa shape index (κ1) is 16.5. The van der Waals surface area contributed by atoms with Crippen LogP contribution in [0.5, 0.6) is 0 Å². The topological polar surface area (TPSA) is 32.3 Å². The fraction of sp³-hybridized carbons (Fsp3) is 0.412. The van der Waals surface area contributed by atoms with E-state index in [1.807, 2.05) is 24.3 Å². The van der Waals surface area contributed by atoms with Crippen LogP contribution in [-0.2, 0) is 6.54 Å². The highest BCUT2D eigenvalue weighted by Crippen LogP contribution is 2.25. The number of halogens is 2. The molecule has 2 aromatic rings. The molecule has 0 radical (unpaired) electrons. The molecular weight excluding hydrogens is 331 g/mol. The zero-order chi connectivity index (χ0) is 16.2. The van der Waals surface area contributed by atoms with Crippen LogP contribution in [0.25, 0.3) is 0 Å². The molecule has 1 unspecified atom stereocenters. The van der Waals surface area contributed by atoms with E-state index in [9.17, 15) is 0 Å². The standard InChI is InChI=1S/C17H20Cl2N4/c1-22(17-6-7-20-12-21-17)15-3-2-8-23(11-15)10-13-4-5-14(18)9-16(13)19/h4-7,9,12,15H,2-3,8,10-11H2,1H3. The van der Waals surface area contributed by atoms with E-state index in [0.717, 1.165) is 36.0 Å². The van der Waals surface area contributed by atoms with Crippen LogP contribution >= 0.6 is 23.2 Å². The molecule has 0 amide bonds. The van der Waals surface area contributed by atoms with E-state index in [2.05, 4.69) is 26.8 Å². The molecule has 0 N–H and O–H groups in total. The van der Waals surface area contributed by atoms with Crippen LogP contribution in [0, 0.1) is 0 Å². The number of rotatable bonds is 4. The Morgan fingerprint density at radius 3 is 2.91 bits per heavy atom. The second-order valence-corrected chi connectivity index (χ2v) is 6.79. The van der Waals surface area contributed by atoms with Gasteiger partial charge in [0.05, 0.1) is 0 Å². The van der Waals surface area contributed by atoms with Crippen molar-refractivity contribution in [1.29, 1.82) is 0 Å². The summed E-state index contributed by atoms with van der Waals surface area (Å²) < 4.78 is 0. The molecule has 1 aromatic heterocycles. The fourth-order valence-electron chi connectivity index (χ4n) is 3.06. The maximum absolute atomic E-state index is 6.31. The molecule has 2 heterocycles. The van der Waals surface area contributed by atoms with Crippen molar-refractivity contribution in [2.24, 2.45) is 0 Å². The Kier molecular flexibility index (Phi) is 5.36. The van der Waals surface area contributed by atoms with Gasteiger partial charge in [-0.05, 0) is 43.1 Å². The minimum atomic E-state index is 0.449. The van der Waals surface area contributed by atoms with Crippen LogP contribution in [0.15, 0.2) is 36.8 Å². The maximum Gasteiger partial charge on any atom is 0.131 e. The number of hydrogen-bond donors (Lipinski definition) is 0. The zero-order valence-electron chi connectivity index (χ0n) is 13.1. The smallest absolute Gasteiger partial charge is 0.131 e. The summed E-state index contributed by atoms with van der Waals surface area (Å²) >= 11 is 12.3. The summed E-state index contributed by atoms with van der Waals surface area (Å²) in [4.78, 5) is 13.0. The van der Waals surface area contributed by atoms with Crippen LogP contribution in [0.3, 0.4) is 0 Å². The number of piperidine rings is 1. The van der Waals surface area contributed by atoms with E-state index in [0.29, 0.717) is 11.1 Å². The summed E-state index contributed by atoms with van der Waals surface area (Å²) in [6.07, 6.45) is 5.73. The molecular formula is C17H20Cl2N4. The van der Waals surface area contributed by atoms with Crippen LogP contribution in [0.2, 0.25) is 10.0 Å². The van der Waals surface area contributed by atoms with Crippen LogP contribution in [0.1, 0.15) is 18.4 Å². The van der Waals surface area contributed by atoms with Gasteiger partial charge < -0.3 is 4.90 Å². The maximum atomic E-state index is 6.31. The van der Waals surface area contributed by atoms with Gasteiger partial charge in [-0.25, -0.2) is 9.97 Å². The van der Waals surface area contributed by atoms with Gasteiger partial charge in [-0.2, -0.15) is 0 Å². The normalized spacial score (nSPS) is 18.8. The predicted octanol–water partition coefficient (Wildman–Crippen LogP) is 3.88. The van der Waals surface area contributed by atoms with E-state index >= 15 is 0 Å². The lowest BCUT2D eigenvalue weighted by Gasteiger charge is -2.38. The summed E-state index contributed by atoms with van der Waals surface area (Å²) in [6, 6.07) is 8.13. The Balaban J connectivity index is 1.66. The SMILES string of the molecule is CN(c1ccncn1)C1CCCN(Cc2ccc(Cl)cc2Cl)C1. The number of aromatic nitrogens is 2. The molecule has 3 rings (SSSR count). The third-order valence-corrected chi connectivity index (χ3v) is 4.95. The van der Waals surface area contributed by atoms with Crippen molar-refractivity contribution in [3.05, 3.63) is 52.4 Å². The van der Waals surface area contributed by atoms with E-state index in [4.69, 9.17) is 23.2 Å². The second kappa shape index (κ2) is 7.47. The Morgan fingerprint density at radius 2 is 2.17 bits per heavy atom. The van der Waals surface area contributed by atoms with Gasteiger partial charge in [0.1, 0.15) is 12.1 Å². The van der Waals surface area contributed by atoms with Crippen molar-refractivity contribution in [3.63, 3.8) is 0 Å². The number of likely N-dealkylation sites (tertiary alicyclic amines) is 1. The van der Waals surface area contributed by atoms with Crippen LogP contribution < -0.4 is 4.90 Å². The van der Waals surface area contributed by atoms with E-state index in [1.54, 1.807) is 12.5 Å². The first-order valence-electron chi connectivity index (χ1n) is 7.78. The summed E-state index contributed by atoms with van der Waals surface area (Å²) in [5, 5.41) is 1.42. The van der Waals surface area contributed by atoms with Gasteiger partial charge in [0, 0.05) is 42.4 Å². The van der Waals surface area contributed by atoms with Crippen molar-refractivity contribution >= 4 is 29.0 Å². The van der Waals surface area contributed by atoms with Crippen LogP contribution in [0.4, 0.5) is 5.82 Å². The molecule has 1 aliphatic heterocycles. The predicted molar refractivity (Wildman–Crippen MR) is 95.2 cm³/mol. The molecule has 1 saturated heterocycles. The third kappa shape index (κ3) is 4.14. The quantitative estimate of drug-likeness (QED) is 0.837. The van der Waals surface area contributed by atoms with E-state index in [1.165, 1.54) is 12.8 Å². The molecule has 1 aliphatic rings. The first-order valence-corrected chi connectivity index (χ1v) is 8.54. The van der Waals surface area contributed by atoms with Crippen molar-refractivity contribution in [2.45, 2.75) is 25.4 Å². The summed E-state index contributed by atoms with van der Waals surface area (Å²) in [6.45, 7) is 2.94. The second-order valence-electron chi connectivity index (χ2n) is 5.95. The average molecular weight is 351 g/mol. The van der Waals surface area contributed by atoms with Gasteiger partial charge in [0.2, 0.25) is 0 Å². The van der Waals surface area contributed by atoms with Crippen LogP contribution in [-0.4, -0.2) is 41.0 Å². The highest BCUT2D eigenvalue weighted by Gasteiger charge is 2.24. The third-order valence-electron chi connectivity index (χ3n) is 4.37. The van der Waals surface area contributed by atoms with Gasteiger partial charge in [0.25, 0.3) is 0 Å². The van der Waals surface area contributed by atoms with Crippen molar-refractivity contribution in [3.8, 4) is 0 Å². The molecule has 0 spiro atoms. The lowest BCUT2D eigenvalue weighted by Crippen LogP contribution is -2.46. The largest absolute Gasteiger partial charge is 0.355 e. The van der Waals surface area contributed by atoms with Gasteiger partial charge in [0.15, 0.2) is 0 Å². The minimum absolute atomic E-state index is 0.449. The number of benzene rings is 1. The molecule has 122 valence electrons. The van der Waals surface area contributed by atoms with Gasteiger partial charge in [-0.1, -0.05) is 29.3 Å². The fourth-order valence-corrected chi connectivity index (χ4v) is 3.53. The van der Waals surface area contributed by atoms with Gasteiger partial charge in [-0.3, -0.25) is 4.90 Å². The average Bonchev–Trinajstić information content (AvgIpc) is 2.58. The Bertz CT molecular complexity index is 650. The van der Waals surface area contributed by atoms with E-state index in [-0.39, 0.29) is 0 Å².